The first kappa shape index (κ1) is 14.5. The van der Waals surface area contributed by atoms with E-state index in [1.807, 2.05) is 0 Å². The summed E-state index contributed by atoms with van der Waals surface area (Å²) in [5.74, 6) is -0.316. The topological polar surface area (TPSA) is 90.9 Å². The third-order valence-corrected chi connectivity index (χ3v) is 3.01. The van der Waals surface area contributed by atoms with Crippen LogP contribution in [0, 0.1) is 0 Å². The van der Waals surface area contributed by atoms with Crippen molar-refractivity contribution in [3.05, 3.63) is 52.1 Å². The van der Waals surface area contributed by atoms with E-state index in [4.69, 9.17) is 0 Å². The van der Waals surface area contributed by atoms with E-state index in [0.29, 0.717) is 0 Å². The predicted octanol–water partition coefficient (Wildman–Crippen LogP) is -0.750. The van der Waals surface area contributed by atoms with Crippen molar-refractivity contribution in [2.24, 2.45) is 14.1 Å². The number of hydrogen-bond acceptors (Lipinski definition) is 4. The summed E-state index contributed by atoms with van der Waals surface area (Å²) >= 11 is 0. The fraction of sp³-hybridized carbons (Fsp3) is 0.231. The van der Waals surface area contributed by atoms with Crippen molar-refractivity contribution in [2.45, 2.75) is 6.54 Å². The molecule has 1 amide bonds. The number of amides is 1. The Hall–Kier alpha value is -2.90. The van der Waals surface area contributed by atoms with Crippen LogP contribution < -0.4 is 16.6 Å². The normalized spacial score (nSPS) is 11.1. The van der Waals surface area contributed by atoms with Crippen LogP contribution >= 0.6 is 0 Å². The molecule has 0 aliphatic heterocycles. The number of nitrogens with zero attached hydrogens (tertiary/aromatic N) is 4. The van der Waals surface area contributed by atoms with Gasteiger partial charge in [0.2, 0.25) is 5.91 Å². The Morgan fingerprint density at radius 1 is 1.38 bits per heavy atom. The van der Waals surface area contributed by atoms with Gasteiger partial charge in [-0.1, -0.05) is 12.7 Å². The second-order valence-electron chi connectivity index (χ2n) is 4.41. The molecule has 2 heterocycles. The summed E-state index contributed by atoms with van der Waals surface area (Å²) in [6.45, 7) is 3.41. The minimum atomic E-state index is -0.486. The van der Waals surface area contributed by atoms with E-state index < -0.39 is 11.2 Å². The average molecular weight is 289 g/mol. The van der Waals surface area contributed by atoms with Crippen molar-refractivity contribution >= 4 is 17.1 Å². The van der Waals surface area contributed by atoms with Gasteiger partial charge < -0.3 is 9.88 Å². The van der Waals surface area contributed by atoms with Crippen LogP contribution in [-0.2, 0) is 25.4 Å². The molecule has 8 heteroatoms. The zero-order valence-electron chi connectivity index (χ0n) is 11.7. The van der Waals surface area contributed by atoms with Crippen molar-refractivity contribution in [1.82, 2.24) is 24.0 Å². The molecule has 0 aromatic carbocycles. The van der Waals surface area contributed by atoms with Crippen LogP contribution in [0.5, 0.6) is 0 Å². The molecule has 2 aromatic rings. The number of imidazole rings is 1. The molecule has 0 unspecified atom stereocenters. The first-order valence-electron chi connectivity index (χ1n) is 6.15. The fourth-order valence-electron chi connectivity index (χ4n) is 1.93. The number of carbonyl (C=O) groups is 1. The van der Waals surface area contributed by atoms with Gasteiger partial charge in [-0.05, 0) is 6.08 Å². The molecule has 0 saturated heterocycles. The molecule has 0 saturated carbocycles. The van der Waals surface area contributed by atoms with Crippen LogP contribution in [0.25, 0.3) is 11.2 Å². The summed E-state index contributed by atoms with van der Waals surface area (Å²) in [6.07, 6.45) is 5.91. The van der Waals surface area contributed by atoms with Crippen molar-refractivity contribution in [3.8, 4) is 0 Å². The molecule has 8 nitrogen and oxygen atoms in total. The highest BCUT2D eigenvalue weighted by atomic mass is 16.2. The number of rotatable bonds is 4. The van der Waals surface area contributed by atoms with Crippen molar-refractivity contribution in [1.29, 1.82) is 0 Å². The van der Waals surface area contributed by atoms with Crippen LogP contribution in [0.15, 0.2) is 40.8 Å². The maximum absolute atomic E-state index is 12.2. The maximum Gasteiger partial charge on any atom is 0.332 e. The third-order valence-electron chi connectivity index (χ3n) is 3.01. The van der Waals surface area contributed by atoms with Gasteiger partial charge >= 0.3 is 5.69 Å². The summed E-state index contributed by atoms with van der Waals surface area (Å²) < 4.78 is 3.66. The SMILES string of the molecule is C=C/C=C/NC(=O)Cn1cnc2c1c(=O)n(C)c(=O)n2C. The van der Waals surface area contributed by atoms with Crippen molar-refractivity contribution in [2.75, 3.05) is 0 Å². The molecule has 0 fully saturated rings. The van der Waals surface area contributed by atoms with E-state index >= 15 is 0 Å². The molecule has 1 N–H and O–H groups in total. The summed E-state index contributed by atoms with van der Waals surface area (Å²) in [5, 5.41) is 2.53. The average Bonchev–Trinajstić information content (AvgIpc) is 2.87. The molecular weight excluding hydrogens is 274 g/mol. The third kappa shape index (κ3) is 2.55. The lowest BCUT2D eigenvalue weighted by Crippen LogP contribution is -2.38. The standard InChI is InChI=1S/C13H15N5O3/c1-4-5-6-14-9(19)7-18-8-15-11-10(18)12(20)17(3)13(21)16(11)2/h4-6,8H,1,7H2,2-3H3,(H,14,19)/b6-5+. The Morgan fingerprint density at radius 3 is 2.76 bits per heavy atom. The molecule has 2 rings (SSSR count). The molecule has 0 radical (unpaired) electrons. The Morgan fingerprint density at radius 2 is 2.10 bits per heavy atom. The molecule has 21 heavy (non-hydrogen) atoms. The second-order valence-corrected chi connectivity index (χ2v) is 4.41. The lowest BCUT2D eigenvalue weighted by atomic mass is 10.4. The smallest absolute Gasteiger partial charge is 0.331 e. The van der Waals surface area contributed by atoms with Gasteiger partial charge in [0.25, 0.3) is 5.56 Å². The van der Waals surface area contributed by atoms with E-state index in [-0.39, 0.29) is 23.6 Å². The Balaban J connectivity index is 2.46. The zero-order valence-corrected chi connectivity index (χ0v) is 11.7. The highest BCUT2D eigenvalue weighted by molar-refractivity contribution is 5.79. The first-order valence-corrected chi connectivity index (χ1v) is 6.15. The molecule has 0 spiro atoms. The first-order chi connectivity index (χ1) is 9.97. The summed E-state index contributed by atoms with van der Waals surface area (Å²) in [7, 11) is 2.91. The molecule has 0 bridgehead atoms. The predicted molar refractivity (Wildman–Crippen MR) is 77.7 cm³/mol. The minimum absolute atomic E-state index is 0.0779. The van der Waals surface area contributed by atoms with E-state index in [1.54, 1.807) is 6.08 Å². The van der Waals surface area contributed by atoms with Crippen LogP contribution in [0.1, 0.15) is 0 Å². The number of aromatic nitrogens is 4. The van der Waals surface area contributed by atoms with Gasteiger partial charge in [-0.15, -0.1) is 0 Å². The molecule has 0 atom stereocenters. The van der Waals surface area contributed by atoms with E-state index in [9.17, 15) is 14.4 Å². The lowest BCUT2D eigenvalue weighted by molar-refractivity contribution is -0.120. The molecule has 0 aliphatic carbocycles. The minimum Gasteiger partial charge on any atom is -0.331 e. The number of nitrogens with one attached hydrogen (secondary N) is 1. The van der Waals surface area contributed by atoms with Crippen molar-refractivity contribution < 1.29 is 4.79 Å². The highest BCUT2D eigenvalue weighted by Crippen LogP contribution is 2.04. The van der Waals surface area contributed by atoms with E-state index in [0.717, 1.165) is 4.57 Å². The van der Waals surface area contributed by atoms with Gasteiger partial charge in [-0.25, -0.2) is 9.78 Å². The number of aryl methyl sites for hydroxylation is 1. The van der Waals surface area contributed by atoms with Crippen LogP contribution in [0.2, 0.25) is 0 Å². The Kier molecular flexibility index (Phi) is 3.88. The molecule has 0 aliphatic rings. The molecular formula is C13H15N5O3. The number of carbonyl (C=O) groups excluding carboxylic acids is 1. The van der Waals surface area contributed by atoms with Crippen LogP contribution in [0.4, 0.5) is 0 Å². The van der Waals surface area contributed by atoms with Crippen LogP contribution in [0.3, 0.4) is 0 Å². The number of fused-ring (bicyclic) bond motifs is 1. The van der Waals surface area contributed by atoms with Gasteiger partial charge in [0.1, 0.15) is 6.54 Å². The Bertz CT molecular complexity index is 853. The Labute approximate surface area is 119 Å². The van der Waals surface area contributed by atoms with E-state index in [2.05, 4.69) is 16.9 Å². The van der Waals surface area contributed by atoms with Gasteiger partial charge in [-0.2, -0.15) is 0 Å². The summed E-state index contributed by atoms with van der Waals surface area (Å²) in [5.41, 5.74) is -0.490. The van der Waals surface area contributed by atoms with Gasteiger partial charge in [0, 0.05) is 20.3 Å². The number of hydrogen-bond donors (Lipinski definition) is 1. The fourth-order valence-corrected chi connectivity index (χ4v) is 1.93. The number of allylic oxidation sites excluding steroid dienone is 2. The van der Waals surface area contributed by atoms with Gasteiger partial charge in [0.05, 0.1) is 6.33 Å². The summed E-state index contributed by atoms with van der Waals surface area (Å²) in [4.78, 5) is 39.7. The van der Waals surface area contributed by atoms with Crippen LogP contribution in [-0.4, -0.2) is 24.6 Å². The van der Waals surface area contributed by atoms with E-state index in [1.165, 1.54) is 41.8 Å². The monoisotopic (exact) mass is 289 g/mol. The lowest BCUT2D eigenvalue weighted by Gasteiger charge is -2.06. The largest absolute Gasteiger partial charge is 0.332 e. The van der Waals surface area contributed by atoms with Gasteiger partial charge in [-0.3, -0.25) is 18.7 Å². The van der Waals surface area contributed by atoms with Gasteiger partial charge in [0.15, 0.2) is 11.2 Å². The molecule has 110 valence electrons. The highest BCUT2D eigenvalue weighted by Gasteiger charge is 2.15. The quantitative estimate of drug-likeness (QED) is 0.750. The zero-order chi connectivity index (χ0) is 15.6. The molecule has 2 aromatic heterocycles. The second kappa shape index (κ2) is 5.61. The summed E-state index contributed by atoms with van der Waals surface area (Å²) in [6, 6.07) is 0. The maximum atomic E-state index is 12.2. The van der Waals surface area contributed by atoms with Crippen molar-refractivity contribution in [3.63, 3.8) is 0 Å².